The smallest absolute Gasteiger partial charge is 0.335 e. The Morgan fingerprint density at radius 3 is 1.63 bits per heavy atom. The number of aromatic nitrogens is 8. The zero-order valence-corrected chi connectivity index (χ0v) is 25.3. The van der Waals surface area contributed by atoms with Crippen molar-refractivity contribution < 1.29 is 39.1 Å². The average Bonchev–Trinajstić information content (AvgIpc) is 3.75. The summed E-state index contributed by atoms with van der Waals surface area (Å²) in [7, 11) is 1.18. The molecule has 6 heterocycles. The number of H-pyrrole nitrogens is 2. The first-order valence-electron chi connectivity index (χ1n) is 14.1. The van der Waals surface area contributed by atoms with E-state index in [4.69, 9.17) is 38.9 Å². The number of nitrogens with two attached hydrogens (primary N) is 2. The number of aromatic amines is 2. The van der Waals surface area contributed by atoms with Crippen molar-refractivity contribution in [3.8, 4) is 24.7 Å². The van der Waals surface area contributed by atoms with E-state index in [9.17, 15) is 39.0 Å². The van der Waals surface area contributed by atoms with Crippen molar-refractivity contribution in [1.82, 2.24) is 38.2 Å². The Bertz CT molecular complexity index is 2300. The van der Waals surface area contributed by atoms with Crippen molar-refractivity contribution in [2.45, 2.75) is 62.8 Å². The zero-order valence-electron chi connectivity index (χ0n) is 25.3. The van der Waals surface area contributed by atoms with Crippen molar-refractivity contribution in [3.05, 3.63) is 41.7 Å². The van der Waals surface area contributed by atoms with Crippen molar-refractivity contribution in [3.63, 3.8) is 0 Å². The molecule has 2 aliphatic heterocycles. The van der Waals surface area contributed by atoms with E-state index in [-0.39, 0.29) is 60.2 Å². The number of anilines is 2. The number of aliphatic hydroxyl groups is 2. The summed E-state index contributed by atoms with van der Waals surface area (Å²) in [5.74, 6) is 2.08. The molecule has 4 aromatic rings. The molecule has 0 unspecified atom stereocenters. The highest BCUT2D eigenvalue weighted by molar-refractivity contribution is 5.76. The molecule has 6 rings (SSSR count). The summed E-state index contributed by atoms with van der Waals surface area (Å²) in [6, 6.07) is 0. The van der Waals surface area contributed by atoms with Gasteiger partial charge in [0, 0.05) is 12.8 Å². The average molecular weight is 685 g/mol. The number of nitrogens with zero attached hydrogens (tertiary/aromatic N) is 6. The fraction of sp³-hybridized carbons (Fsp3) is 0.407. The second kappa shape index (κ2) is 13.1. The number of carboxylic acid groups (broad SMARTS) is 1. The van der Waals surface area contributed by atoms with E-state index < -0.39 is 71.3 Å². The molecule has 0 amide bonds. The number of nitrogens with one attached hydrogen (secondary N) is 2. The van der Waals surface area contributed by atoms with Crippen LogP contribution in [0.15, 0.2) is 19.2 Å². The molecule has 0 bridgehead atoms. The quantitative estimate of drug-likeness (QED) is 0.0747. The number of hydrogen-bond donors (Lipinski definition) is 7. The van der Waals surface area contributed by atoms with Gasteiger partial charge in [-0.05, 0) is 0 Å². The van der Waals surface area contributed by atoms with Crippen molar-refractivity contribution >= 4 is 46.2 Å². The number of nitrogen functional groups attached to an aromatic ring is 2. The summed E-state index contributed by atoms with van der Waals surface area (Å²) >= 11 is 0. The zero-order chi connectivity index (χ0) is 35.9. The summed E-state index contributed by atoms with van der Waals surface area (Å²) in [4.78, 5) is 84.7. The van der Waals surface area contributed by atoms with Gasteiger partial charge in [-0.3, -0.25) is 28.7 Å². The summed E-state index contributed by atoms with van der Waals surface area (Å²) in [5.41, 5.74) is 7.74. The highest BCUT2D eigenvalue weighted by Gasteiger charge is 2.43. The minimum Gasteiger partial charge on any atom is -0.479 e. The standard InChI is InChI=1S/C14H15N5O6.C13H13N5O6/c1-3-4-18-8-9(16-13(15)17-10(8)21)19(14(18)23)11-6(20)5-7(25-11)12(22)24-2;1-2-3-17-7-8(15-12(14)16-9(7)20)18(13(17)23)10-5(19)4-6(24-10)11(21)22/h1,6-7,11,20H,4-5H2,2H3,(H3,15,16,17,21);1,5-6,10,19H,3-4H2,(H,21,22)(H3,14,15,16,20)/t6-,7+,11-;5-,6+,10-/m11/s1. The van der Waals surface area contributed by atoms with E-state index in [0.717, 1.165) is 18.3 Å². The summed E-state index contributed by atoms with van der Waals surface area (Å²) in [6.07, 6.45) is 2.78. The van der Waals surface area contributed by atoms with E-state index in [1.165, 1.54) is 7.11 Å². The van der Waals surface area contributed by atoms with Crippen LogP contribution in [0.1, 0.15) is 25.3 Å². The van der Waals surface area contributed by atoms with Gasteiger partial charge in [-0.25, -0.2) is 28.3 Å². The number of terminal acetylenes is 2. The minimum atomic E-state index is -1.33. The lowest BCUT2D eigenvalue weighted by molar-refractivity contribution is -0.155. The van der Waals surface area contributed by atoms with Crippen molar-refractivity contribution in [1.29, 1.82) is 0 Å². The second-order valence-electron chi connectivity index (χ2n) is 10.6. The Morgan fingerprint density at radius 2 is 1.27 bits per heavy atom. The van der Waals surface area contributed by atoms with Gasteiger partial charge >= 0.3 is 23.3 Å². The van der Waals surface area contributed by atoms with Gasteiger partial charge in [0.05, 0.1) is 20.2 Å². The van der Waals surface area contributed by atoms with Crippen LogP contribution in [-0.4, -0.2) is 97.0 Å². The SMILES string of the molecule is C#CCn1c(=O)n([C@@H]2O[C@H](C(=O)O)C[C@H]2O)c2nc(N)[nH]c(=O)c21.C#CCn1c(=O)n([C@@H]2O[C@H](C(=O)OC)C[C@H]2O)c2nc(N)[nH]c(=O)c21. The molecule has 0 saturated carbocycles. The Balaban J connectivity index is 0.000000191. The summed E-state index contributed by atoms with van der Waals surface area (Å²) in [5, 5.41) is 29.3. The number of carbonyl (C=O) groups is 2. The van der Waals surface area contributed by atoms with Crippen LogP contribution in [-0.2, 0) is 36.9 Å². The number of rotatable bonds is 6. The van der Waals surface area contributed by atoms with E-state index in [1.807, 2.05) is 0 Å². The van der Waals surface area contributed by atoms with Crippen LogP contribution in [0.25, 0.3) is 22.3 Å². The number of ether oxygens (including phenoxy) is 3. The number of carboxylic acids is 1. The van der Waals surface area contributed by atoms with Gasteiger partial charge in [0.2, 0.25) is 11.9 Å². The molecule has 6 atom stereocenters. The van der Waals surface area contributed by atoms with Crippen molar-refractivity contribution in [2.24, 2.45) is 0 Å². The highest BCUT2D eigenvalue weighted by Crippen LogP contribution is 2.31. The first kappa shape index (κ1) is 34.1. The lowest BCUT2D eigenvalue weighted by atomic mass is 10.2. The van der Waals surface area contributed by atoms with Crippen LogP contribution in [0.3, 0.4) is 0 Å². The molecule has 258 valence electrons. The van der Waals surface area contributed by atoms with Gasteiger partial charge < -0.3 is 41.0 Å². The third-order valence-electron chi connectivity index (χ3n) is 7.58. The maximum absolute atomic E-state index is 12.7. The fourth-order valence-electron chi connectivity index (χ4n) is 5.54. The number of aliphatic carboxylic acids is 1. The molecule has 22 nitrogen and oxygen atoms in total. The van der Waals surface area contributed by atoms with Gasteiger partial charge in [0.25, 0.3) is 11.1 Å². The topological polar surface area (TPSA) is 320 Å². The molecule has 9 N–H and O–H groups in total. The Kier molecular flexibility index (Phi) is 9.15. The number of aliphatic hydroxyl groups excluding tert-OH is 2. The molecule has 49 heavy (non-hydrogen) atoms. The number of carbonyl (C=O) groups excluding carboxylic acids is 1. The van der Waals surface area contributed by atoms with Gasteiger partial charge in [0.1, 0.15) is 12.2 Å². The molecule has 0 aromatic carbocycles. The second-order valence-corrected chi connectivity index (χ2v) is 10.6. The van der Waals surface area contributed by atoms with Gasteiger partial charge in [0.15, 0.2) is 47.0 Å². The highest BCUT2D eigenvalue weighted by atomic mass is 16.6. The normalized spacial score (nSPS) is 23.1. The summed E-state index contributed by atoms with van der Waals surface area (Å²) < 4.78 is 19.1. The third kappa shape index (κ3) is 5.92. The number of methoxy groups -OCH3 is 1. The molecule has 0 spiro atoms. The first-order valence-corrected chi connectivity index (χ1v) is 14.1. The third-order valence-corrected chi connectivity index (χ3v) is 7.58. The fourth-order valence-corrected chi connectivity index (χ4v) is 5.54. The largest absolute Gasteiger partial charge is 0.479 e. The van der Waals surface area contributed by atoms with Crippen LogP contribution in [0.5, 0.6) is 0 Å². The lowest BCUT2D eigenvalue weighted by Crippen LogP contribution is -2.32. The molecule has 0 aliphatic carbocycles. The van der Waals surface area contributed by atoms with Crippen LogP contribution >= 0.6 is 0 Å². The molecule has 2 saturated heterocycles. The predicted octanol–water partition coefficient (Wildman–Crippen LogP) is -4.24. The van der Waals surface area contributed by atoms with Crippen LogP contribution < -0.4 is 34.0 Å². The van der Waals surface area contributed by atoms with Crippen LogP contribution in [0.2, 0.25) is 0 Å². The van der Waals surface area contributed by atoms with E-state index in [0.29, 0.717) is 0 Å². The molecule has 4 aromatic heterocycles. The van der Waals surface area contributed by atoms with Crippen LogP contribution in [0.4, 0.5) is 11.9 Å². The first-order chi connectivity index (χ1) is 23.2. The molecule has 2 aliphatic rings. The number of fused-ring (bicyclic) bond motifs is 2. The summed E-state index contributed by atoms with van der Waals surface area (Å²) in [6.45, 7) is -0.414. The van der Waals surface area contributed by atoms with E-state index in [2.05, 4.69) is 36.5 Å². The van der Waals surface area contributed by atoms with Crippen molar-refractivity contribution in [2.75, 3.05) is 18.6 Å². The monoisotopic (exact) mass is 684 g/mol. The maximum atomic E-state index is 12.7. The maximum Gasteiger partial charge on any atom is 0.335 e. The predicted molar refractivity (Wildman–Crippen MR) is 164 cm³/mol. The molecule has 22 heteroatoms. The molecule has 2 fully saturated rings. The van der Waals surface area contributed by atoms with Gasteiger partial charge in [-0.2, -0.15) is 9.97 Å². The Hall–Kier alpha value is -6.20. The lowest BCUT2D eigenvalue weighted by Gasteiger charge is -2.15. The number of imidazole rings is 2. The molecular weight excluding hydrogens is 656 g/mol. The van der Waals surface area contributed by atoms with Gasteiger partial charge in [-0.1, -0.05) is 11.8 Å². The number of hydrogen-bond acceptors (Lipinski definition) is 15. The Morgan fingerprint density at radius 1 is 0.857 bits per heavy atom. The van der Waals surface area contributed by atoms with E-state index >= 15 is 0 Å². The molecule has 0 radical (unpaired) electrons. The Labute approximate surface area is 271 Å². The minimum absolute atomic E-state index is 0.0791. The van der Waals surface area contributed by atoms with Crippen LogP contribution in [0, 0.1) is 24.7 Å². The van der Waals surface area contributed by atoms with E-state index in [1.54, 1.807) is 0 Å². The van der Waals surface area contributed by atoms with Gasteiger partial charge in [-0.15, -0.1) is 12.8 Å². The molecular formula is C27H28N10O12. The number of esters is 1.